The van der Waals surface area contributed by atoms with Crippen molar-refractivity contribution in [3.8, 4) is 0 Å². The van der Waals surface area contributed by atoms with Crippen molar-refractivity contribution in [1.82, 2.24) is 0 Å². The summed E-state index contributed by atoms with van der Waals surface area (Å²) >= 11 is 0. The van der Waals surface area contributed by atoms with E-state index >= 15 is 0 Å². The Morgan fingerprint density at radius 2 is 1.25 bits per heavy atom. The molecule has 0 bridgehead atoms. The third-order valence-electron chi connectivity index (χ3n) is 1.90. The average molecular weight is 330 g/mol. The summed E-state index contributed by atoms with van der Waals surface area (Å²) < 4.78 is 30.7. The molecule has 0 aromatic heterocycles. The van der Waals surface area contributed by atoms with Crippen LogP contribution in [-0.2, 0) is 10.1 Å². The molecule has 0 saturated carbocycles. The van der Waals surface area contributed by atoms with Crippen molar-refractivity contribution in [2.24, 2.45) is 0 Å². The van der Waals surface area contributed by atoms with E-state index in [-0.39, 0.29) is 24.5 Å². The van der Waals surface area contributed by atoms with Crippen LogP contribution in [0.5, 0.6) is 0 Å². The lowest BCUT2D eigenvalue weighted by Gasteiger charge is -2.01. The van der Waals surface area contributed by atoms with Crippen LogP contribution >= 0.6 is 12.4 Å². The van der Waals surface area contributed by atoms with Gasteiger partial charge in [-0.25, -0.2) is 0 Å². The predicted molar refractivity (Wildman–Crippen MR) is 63.5 cm³/mol. The van der Waals surface area contributed by atoms with Gasteiger partial charge in [-0.15, -0.1) is 12.4 Å². The maximum Gasteiger partial charge on any atom is 0.308 e. The number of hydrogen-bond acceptors (Lipinski definition) is 8. The number of non-ortho nitro benzene ring substituents is 1. The van der Waals surface area contributed by atoms with Gasteiger partial charge in [0.1, 0.15) is 0 Å². The highest BCUT2D eigenvalue weighted by molar-refractivity contribution is 7.86. The maximum absolute atomic E-state index is 10.9. The number of nitro benzene ring substituents is 3. The quantitative estimate of drug-likeness (QED) is 0.479. The summed E-state index contributed by atoms with van der Waals surface area (Å²) in [4.78, 5) is 26.1. The van der Waals surface area contributed by atoms with Crippen molar-refractivity contribution >= 4 is 39.6 Å². The molecule has 20 heavy (non-hydrogen) atoms. The number of halogens is 1. The van der Waals surface area contributed by atoms with E-state index in [1.165, 1.54) is 0 Å². The van der Waals surface area contributed by atoms with Gasteiger partial charge >= 0.3 is 21.5 Å². The zero-order valence-corrected chi connectivity index (χ0v) is 10.7. The van der Waals surface area contributed by atoms with Gasteiger partial charge < -0.3 is 0 Å². The molecule has 0 aliphatic rings. The normalized spacial score (nSPS) is 10.4. The number of hydrogen-bond donors (Lipinski definition) is 1. The van der Waals surface area contributed by atoms with E-state index in [0.29, 0.717) is 0 Å². The molecule has 0 aliphatic heterocycles. The van der Waals surface area contributed by atoms with Crippen LogP contribution in [0.3, 0.4) is 0 Å². The molecule has 1 aromatic rings. The lowest BCUT2D eigenvalue weighted by molar-refractivity contribution is -0.407. The number of rotatable bonds is 4. The highest BCUT2D eigenvalue weighted by Gasteiger charge is 2.37. The van der Waals surface area contributed by atoms with Crippen molar-refractivity contribution in [2.75, 3.05) is 0 Å². The van der Waals surface area contributed by atoms with Crippen LogP contribution in [0.1, 0.15) is 0 Å². The Bertz CT molecular complexity index is 665. The smallest absolute Gasteiger partial charge is 0.281 e. The van der Waals surface area contributed by atoms with E-state index in [1.807, 2.05) is 0 Å². The van der Waals surface area contributed by atoms with Crippen LogP contribution < -0.4 is 0 Å². The first kappa shape index (κ1) is 17.6. The van der Waals surface area contributed by atoms with Gasteiger partial charge in [0.05, 0.1) is 26.9 Å². The Hall–Kier alpha value is -2.38. The third kappa shape index (κ3) is 3.34. The molecule has 0 radical (unpaired) electrons. The highest BCUT2D eigenvalue weighted by atomic mass is 35.5. The summed E-state index contributed by atoms with van der Waals surface area (Å²) in [5.74, 6) is 0. The molecule has 1 aromatic carbocycles. The Morgan fingerprint density at radius 1 is 0.900 bits per heavy atom. The van der Waals surface area contributed by atoms with Crippen LogP contribution in [-0.4, -0.2) is 27.7 Å². The van der Waals surface area contributed by atoms with Crippen molar-refractivity contribution in [2.45, 2.75) is 4.90 Å². The van der Waals surface area contributed by atoms with E-state index in [4.69, 9.17) is 4.55 Å². The Morgan fingerprint density at radius 3 is 1.45 bits per heavy atom. The van der Waals surface area contributed by atoms with Gasteiger partial charge in [-0.2, -0.15) is 8.42 Å². The fourth-order valence-corrected chi connectivity index (χ4v) is 2.02. The van der Waals surface area contributed by atoms with Gasteiger partial charge in [0, 0.05) is 0 Å². The van der Waals surface area contributed by atoms with Crippen molar-refractivity contribution in [3.05, 3.63) is 42.5 Å². The molecule has 0 amide bonds. The molecule has 0 heterocycles. The predicted octanol–water partition coefficient (Wildman–Crippen LogP) is 1.08. The monoisotopic (exact) mass is 329 g/mol. The molecule has 0 fully saturated rings. The summed E-state index contributed by atoms with van der Waals surface area (Å²) in [6.45, 7) is 0. The minimum absolute atomic E-state index is 0. The fraction of sp³-hybridized carbons (Fsp3) is 0. The molecule has 0 unspecified atom stereocenters. The van der Waals surface area contributed by atoms with Crippen molar-refractivity contribution in [1.29, 1.82) is 0 Å². The third-order valence-corrected chi connectivity index (χ3v) is 2.83. The van der Waals surface area contributed by atoms with E-state index in [9.17, 15) is 38.8 Å². The topological polar surface area (TPSA) is 184 Å². The highest BCUT2D eigenvalue weighted by Crippen LogP contribution is 2.36. The SMILES string of the molecule is Cl.O=[N+]([O-])c1cc([N+](=O)[O-])c(S(=O)(=O)O)c([N+](=O)[O-])c1. The van der Waals surface area contributed by atoms with Crippen LogP contribution in [0.25, 0.3) is 0 Å². The zero-order valence-electron chi connectivity index (χ0n) is 9.03. The van der Waals surface area contributed by atoms with Crippen LogP contribution in [0, 0.1) is 30.3 Å². The molecule has 0 saturated heterocycles. The molecular weight excluding hydrogens is 326 g/mol. The van der Waals surface area contributed by atoms with E-state index in [2.05, 4.69) is 0 Å². The second-order valence-electron chi connectivity index (χ2n) is 3.06. The van der Waals surface area contributed by atoms with Gasteiger partial charge in [-0.3, -0.25) is 34.9 Å². The van der Waals surface area contributed by atoms with Crippen LogP contribution in [0.4, 0.5) is 17.1 Å². The second-order valence-corrected chi connectivity index (χ2v) is 4.42. The van der Waals surface area contributed by atoms with E-state index in [1.54, 1.807) is 0 Å². The molecule has 12 nitrogen and oxygen atoms in total. The number of nitro groups is 3. The second kappa shape index (κ2) is 5.72. The van der Waals surface area contributed by atoms with Gasteiger partial charge in [0.15, 0.2) is 0 Å². The van der Waals surface area contributed by atoms with Crippen LogP contribution in [0.2, 0.25) is 0 Å². The summed E-state index contributed by atoms with van der Waals surface area (Å²) in [7, 11) is -5.30. The Kier molecular flexibility index (Phi) is 5.04. The largest absolute Gasteiger partial charge is 0.308 e. The van der Waals surface area contributed by atoms with Gasteiger partial charge in [0.25, 0.3) is 5.69 Å². The van der Waals surface area contributed by atoms with Gasteiger partial charge in [-0.05, 0) is 0 Å². The zero-order chi connectivity index (χ0) is 15.0. The Labute approximate surface area is 115 Å². The minimum Gasteiger partial charge on any atom is -0.281 e. The summed E-state index contributed by atoms with van der Waals surface area (Å²) in [6, 6.07) is 0.409. The molecular formula is C6H4ClN3O9S. The molecule has 0 spiro atoms. The fourth-order valence-electron chi connectivity index (χ4n) is 1.23. The Balaban J connectivity index is 0.00000361. The van der Waals surface area contributed by atoms with Crippen LogP contribution in [0.15, 0.2) is 17.0 Å². The van der Waals surface area contributed by atoms with Crippen molar-refractivity contribution < 1.29 is 27.7 Å². The first-order chi connectivity index (χ1) is 8.55. The molecule has 0 atom stereocenters. The van der Waals surface area contributed by atoms with Gasteiger partial charge in [-0.1, -0.05) is 0 Å². The van der Waals surface area contributed by atoms with E-state index in [0.717, 1.165) is 0 Å². The maximum atomic E-state index is 10.9. The first-order valence-corrected chi connectivity index (χ1v) is 5.58. The summed E-state index contributed by atoms with van der Waals surface area (Å²) in [6.07, 6.45) is 0. The summed E-state index contributed by atoms with van der Waals surface area (Å²) in [5, 5.41) is 31.7. The molecule has 1 N–H and O–H groups in total. The molecule has 1 rings (SSSR count). The molecule has 110 valence electrons. The van der Waals surface area contributed by atoms with Crippen molar-refractivity contribution in [3.63, 3.8) is 0 Å². The standard InChI is InChI=1S/C6H3N3O9S.ClH/c10-7(11)3-1-4(8(12)13)6(19(16,17)18)5(2-3)9(14)15;/h1-2H,(H,16,17,18);1H. The number of benzene rings is 1. The summed E-state index contributed by atoms with van der Waals surface area (Å²) in [5.41, 5.74) is -3.96. The average Bonchev–Trinajstić information content (AvgIpc) is 2.25. The lowest BCUT2D eigenvalue weighted by atomic mass is 10.2. The molecule has 0 aliphatic carbocycles. The number of nitrogens with zero attached hydrogens (tertiary/aromatic N) is 3. The lowest BCUT2D eigenvalue weighted by Crippen LogP contribution is -2.08. The van der Waals surface area contributed by atoms with Gasteiger partial charge in [0.2, 0.25) is 4.90 Å². The minimum atomic E-state index is -5.30. The first-order valence-electron chi connectivity index (χ1n) is 4.14. The molecule has 14 heteroatoms. The van der Waals surface area contributed by atoms with E-state index < -0.39 is 46.8 Å².